The number of β-amino-alcohol motifs (C(OH)–C–C–N with tert-alkyl or cyclic N) is 1. The Morgan fingerprint density at radius 2 is 2.15 bits per heavy atom. The van der Waals surface area contributed by atoms with Gasteiger partial charge in [0.05, 0.1) is 6.61 Å². The molecule has 1 aromatic carbocycles. The molecule has 0 spiro atoms. The van der Waals surface area contributed by atoms with Gasteiger partial charge in [-0.15, -0.1) is 5.10 Å². The van der Waals surface area contributed by atoms with E-state index in [-0.39, 0.29) is 12.1 Å². The second-order valence-electron chi connectivity index (χ2n) is 6.79. The Kier molecular flexibility index (Phi) is 7.07. The number of carbonyl (C=O) groups excluding carboxylic acids is 1. The number of nitrogens with one attached hydrogen (secondary N) is 1. The van der Waals surface area contributed by atoms with Gasteiger partial charge in [-0.05, 0) is 51.4 Å². The number of nitrogens with zero attached hydrogens (tertiary/aromatic N) is 2. The van der Waals surface area contributed by atoms with Crippen LogP contribution in [0.25, 0.3) is 11.3 Å². The lowest BCUT2D eigenvalue weighted by atomic mass is 10.1. The van der Waals surface area contributed by atoms with Gasteiger partial charge in [-0.1, -0.05) is 16.6 Å². The van der Waals surface area contributed by atoms with E-state index in [0.29, 0.717) is 35.0 Å². The molecule has 2 N–H and O–H groups in total. The van der Waals surface area contributed by atoms with Crippen LogP contribution in [0.4, 0.5) is 0 Å². The number of rotatable bonds is 8. The molecule has 0 saturated carbocycles. The van der Waals surface area contributed by atoms with Crippen LogP contribution in [0.3, 0.4) is 0 Å². The zero-order valence-electron chi connectivity index (χ0n) is 15.5. The maximum atomic E-state index is 12.0. The molecule has 7 nitrogen and oxygen atoms in total. The van der Waals surface area contributed by atoms with E-state index in [9.17, 15) is 9.90 Å². The molecule has 0 amide bonds. The Morgan fingerprint density at radius 1 is 1.38 bits per heavy atom. The molecule has 1 atom stereocenters. The number of ether oxygens (including phenoxy) is 2. The SMILES string of the molecule is CCOC(=O)c1snnc1-c1cccc(OCC(O)CNC(C)(C)C)c1. The monoisotopic (exact) mass is 379 g/mol. The standard InChI is InChI=1S/C18H25N3O4S/c1-5-24-17(23)16-15(20-21-26-16)12-7-6-8-14(9-12)25-11-13(22)10-19-18(2,3)4/h6-9,13,19,22H,5,10-11H2,1-4H3. The van der Waals surface area contributed by atoms with Crippen LogP contribution >= 0.6 is 11.5 Å². The van der Waals surface area contributed by atoms with Crippen LogP contribution in [0.15, 0.2) is 24.3 Å². The Morgan fingerprint density at radius 3 is 2.85 bits per heavy atom. The first-order valence-electron chi connectivity index (χ1n) is 8.46. The third-order valence-corrected chi connectivity index (χ3v) is 4.07. The summed E-state index contributed by atoms with van der Waals surface area (Å²) >= 11 is 1.00. The molecule has 0 aliphatic heterocycles. The Bertz CT molecular complexity index is 727. The molecule has 1 heterocycles. The summed E-state index contributed by atoms with van der Waals surface area (Å²) in [5, 5.41) is 17.3. The molecule has 0 fully saturated rings. The van der Waals surface area contributed by atoms with Crippen molar-refractivity contribution in [2.75, 3.05) is 19.8 Å². The summed E-state index contributed by atoms with van der Waals surface area (Å²) in [7, 11) is 0. The van der Waals surface area contributed by atoms with Gasteiger partial charge in [-0.2, -0.15) is 0 Å². The molecule has 0 bridgehead atoms. The van der Waals surface area contributed by atoms with Crippen molar-refractivity contribution in [1.82, 2.24) is 14.9 Å². The summed E-state index contributed by atoms with van der Waals surface area (Å²) in [6, 6.07) is 7.18. The number of esters is 1. The van der Waals surface area contributed by atoms with Crippen LogP contribution < -0.4 is 10.1 Å². The maximum absolute atomic E-state index is 12.0. The largest absolute Gasteiger partial charge is 0.491 e. The summed E-state index contributed by atoms with van der Waals surface area (Å²) in [5.41, 5.74) is 1.11. The van der Waals surface area contributed by atoms with E-state index in [1.807, 2.05) is 26.8 Å². The lowest BCUT2D eigenvalue weighted by Gasteiger charge is -2.23. The second-order valence-corrected chi connectivity index (χ2v) is 7.55. The molecule has 0 aliphatic carbocycles. The fourth-order valence-corrected chi connectivity index (χ4v) is 2.70. The van der Waals surface area contributed by atoms with Crippen LogP contribution in [0, 0.1) is 0 Å². The molecule has 1 aromatic heterocycles. The zero-order valence-corrected chi connectivity index (χ0v) is 16.3. The number of benzene rings is 1. The van der Waals surface area contributed by atoms with Gasteiger partial charge in [-0.3, -0.25) is 0 Å². The summed E-state index contributed by atoms with van der Waals surface area (Å²) in [4.78, 5) is 12.3. The highest BCUT2D eigenvalue weighted by Gasteiger charge is 2.19. The highest BCUT2D eigenvalue weighted by molar-refractivity contribution is 7.08. The fourth-order valence-electron chi connectivity index (χ4n) is 2.12. The number of aliphatic hydroxyl groups is 1. The molecule has 142 valence electrons. The molecule has 26 heavy (non-hydrogen) atoms. The van der Waals surface area contributed by atoms with Gasteiger partial charge in [0.15, 0.2) is 4.88 Å². The van der Waals surface area contributed by atoms with Gasteiger partial charge in [0.2, 0.25) is 0 Å². The lowest BCUT2D eigenvalue weighted by Crippen LogP contribution is -2.42. The summed E-state index contributed by atoms with van der Waals surface area (Å²) in [6.07, 6.45) is -0.631. The van der Waals surface area contributed by atoms with Crippen LogP contribution in [0.2, 0.25) is 0 Å². The van der Waals surface area contributed by atoms with E-state index in [0.717, 1.165) is 11.5 Å². The summed E-state index contributed by atoms with van der Waals surface area (Å²) < 4.78 is 14.6. The zero-order chi connectivity index (χ0) is 19.2. The average molecular weight is 379 g/mol. The summed E-state index contributed by atoms with van der Waals surface area (Å²) in [5.74, 6) is 0.146. The molecule has 2 aromatic rings. The topological polar surface area (TPSA) is 93.6 Å². The average Bonchev–Trinajstić information content (AvgIpc) is 3.08. The van der Waals surface area contributed by atoms with E-state index < -0.39 is 12.1 Å². The quantitative estimate of drug-likeness (QED) is 0.681. The van der Waals surface area contributed by atoms with Gasteiger partial charge < -0.3 is 19.9 Å². The van der Waals surface area contributed by atoms with E-state index in [1.54, 1.807) is 25.1 Å². The number of hydrogen-bond donors (Lipinski definition) is 2. The van der Waals surface area contributed by atoms with E-state index in [4.69, 9.17) is 9.47 Å². The first-order valence-corrected chi connectivity index (χ1v) is 9.23. The number of carbonyl (C=O) groups is 1. The number of aromatic nitrogens is 2. The van der Waals surface area contributed by atoms with Crippen molar-refractivity contribution in [3.63, 3.8) is 0 Å². The van der Waals surface area contributed by atoms with Crippen LogP contribution in [-0.4, -0.2) is 52.1 Å². The normalized spacial score (nSPS) is 12.7. The third-order valence-electron chi connectivity index (χ3n) is 3.37. The van der Waals surface area contributed by atoms with Crippen molar-refractivity contribution in [2.24, 2.45) is 0 Å². The molecular formula is C18H25N3O4S. The lowest BCUT2D eigenvalue weighted by molar-refractivity contribution is 0.0532. The minimum Gasteiger partial charge on any atom is -0.491 e. The minimum atomic E-state index is -0.631. The fraction of sp³-hybridized carbons (Fsp3) is 0.500. The van der Waals surface area contributed by atoms with Gasteiger partial charge in [0.25, 0.3) is 0 Å². The molecule has 0 aliphatic rings. The maximum Gasteiger partial charge on any atom is 0.352 e. The molecule has 0 radical (unpaired) electrons. The van der Waals surface area contributed by atoms with Gasteiger partial charge in [0.1, 0.15) is 24.2 Å². The van der Waals surface area contributed by atoms with E-state index in [1.165, 1.54) is 0 Å². The molecule has 2 rings (SSSR count). The van der Waals surface area contributed by atoms with E-state index >= 15 is 0 Å². The van der Waals surface area contributed by atoms with Crippen LogP contribution in [0.5, 0.6) is 5.75 Å². The molecule has 0 saturated heterocycles. The summed E-state index contributed by atoms with van der Waals surface area (Å²) in [6.45, 7) is 8.74. The van der Waals surface area contributed by atoms with Crippen molar-refractivity contribution < 1.29 is 19.4 Å². The number of aliphatic hydroxyl groups excluding tert-OH is 1. The predicted molar refractivity (Wildman–Crippen MR) is 101 cm³/mol. The molecule has 1 unspecified atom stereocenters. The van der Waals surface area contributed by atoms with Gasteiger partial charge in [-0.25, -0.2) is 4.79 Å². The van der Waals surface area contributed by atoms with E-state index in [2.05, 4.69) is 14.9 Å². The Balaban J connectivity index is 2.03. The van der Waals surface area contributed by atoms with Crippen molar-refractivity contribution in [3.05, 3.63) is 29.1 Å². The Hall–Kier alpha value is -2.03. The van der Waals surface area contributed by atoms with Crippen molar-refractivity contribution in [3.8, 4) is 17.0 Å². The third kappa shape index (κ3) is 6.05. The van der Waals surface area contributed by atoms with Crippen molar-refractivity contribution in [2.45, 2.75) is 39.3 Å². The van der Waals surface area contributed by atoms with Crippen LogP contribution in [-0.2, 0) is 4.74 Å². The van der Waals surface area contributed by atoms with Crippen LogP contribution in [0.1, 0.15) is 37.4 Å². The molecular weight excluding hydrogens is 354 g/mol. The van der Waals surface area contributed by atoms with Crippen molar-refractivity contribution in [1.29, 1.82) is 0 Å². The van der Waals surface area contributed by atoms with Gasteiger partial charge >= 0.3 is 5.97 Å². The molecule has 8 heteroatoms. The first kappa shape index (κ1) is 20.3. The van der Waals surface area contributed by atoms with Gasteiger partial charge in [0, 0.05) is 17.6 Å². The second kappa shape index (κ2) is 9.07. The number of hydrogen-bond acceptors (Lipinski definition) is 8. The predicted octanol–water partition coefficient (Wildman–Crippen LogP) is 2.51. The minimum absolute atomic E-state index is 0.0674. The smallest absolute Gasteiger partial charge is 0.352 e. The van der Waals surface area contributed by atoms with Crippen molar-refractivity contribution >= 4 is 17.5 Å². The highest BCUT2D eigenvalue weighted by Crippen LogP contribution is 2.27. The first-order chi connectivity index (χ1) is 12.3. The highest BCUT2D eigenvalue weighted by atomic mass is 32.1. The Labute approximate surface area is 157 Å².